The lowest BCUT2D eigenvalue weighted by Crippen LogP contribution is -2.17. The SMILES string of the molecule is CNC(=O)c1ccc(/C=C/C(=O)Nc2cc(C(=O)OC)c(F)cc2F)cc1. The van der Waals surface area contributed by atoms with E-state index in [1.165, 1.54) is 13.1 Å². The molecular formula is C19H16F2N2O4. The molecule has 2 rings (SSSR count). The Balaban J connectivity index is 2.12. The van der Waals surface area contributed by atoms with Gasteiger partial charge in [0.05, 0.1) is 18.4 Å². The van der Waals surface area contributed by atoms with Crippen molar-refractivity contribution < 1.29 is 27.9 Å². The molecular weight excluding hydrogens is 358 g/mol. The van der Waals surface area contributed by atoms with Gasteiger partial charge in [0, 0.05) is 24.8 Å². The molecule has 0 fully saturated rings. The minimum Gasteiger partial charge on any atom is -0.465 e. The van der Waals surface area contributed by atoms with Crippen molar-refractivity contribution in [1.29, 1.82) is 0 Å². The molecule has 0 unspecified atom stereocenters. The van der Waals surface area contributed by atoms with E-state index in [1.54, 1.807) is 24.3 Å². The maximum atomic E-state index is 13.8. The van der Waals surface area contributed by atoms with Gasteiger partial charge in [-0.25, -0.2) is 13.6 Å². The predicted octanol–water partition coefficient (Wildman–Crippen LogP) is 2.76. The fourth-order valence-corrected chi connectivity index (χ4v) is 2.15. The summed E-state index contributed by atoms with van der Waals surface area (Å²) in [6.45, 7) is 0. The maximum Gasteiger partial charge on any atom is 0.340 e. The second kappa shape index (κ2) is 8.70. The minimum atomic E-state index is -1.09. The molecule has 6 nitrogen and oxygen atoms in total. The van der Waals surface area contributed by atoms with Gasteiger partial charge in [0.15, 0.2) is 0 Å². The normalized spacial score (nSPS) is 10.5. The summed E-state index contributed by atoms with van der Waals surface area (Å²) < 4.78 is 31.8. The highest BCUT2D eigenvalue weighted by Gasteiger charge is 2.17. The van der Waals surface area contributed by atoms with Crippen LogP contribution in [0.5, 0.6) is 0 Å². The average molecular weight is 374 g/mol. The largest absolute Gasteiger partial charge is 0.465 e. The van der Waals surface area contributed by atoms with Crippen molar-refractivity contribution in [3.05, 3.63) is 70.8 Å². The van der Waals surface area contributed by atoms with Gasteiger partial charge in [-0.05, 0) is 29.8 Å². The molecule has 0 bridgehead atoms. The summed E-state index contributed by atoms with van der Waals surface area (Å²) in [6, 6.07) is 7.77. The van der Waals surface area contributed by atoms with Crippen LogP contribution >= 0.6 is 0 Å². The zero-order chi connectivity index (χ0) is 20.0. The molecule has 0 aliphatic heterocycles. The third-order valence-electron chi connectivity index (χ3n) is 3.55. The van der Waals surface area contributed by atoms with Crippen LogP contribution in [-0.4, -0.2) is 31.9 Å². The number of rotatable bonds is 5. The zero-order valence-corrected chi connectivity index (χ0v) is 14.5. The number of ether oxygens (including phenoxy) is 1. The number of hydrogen-bond donors (Lipinski definition) is 2. The first-order valence-electron chi connectivity index (χ1n) is 7.74. The molecule has 2 N–H and O–H groups in total. The van der Waals surface area contributed by atoms with Gasteiger partial charge in [-0.15, -0.1) is 0 Å². The quantitative estimate of drug-likeness (QED) is 0.623. The van der Waals surface area contributed by atoms with E-state index < -0.39 is 29.1 Å². The molecule has 0 aromatic heterocycles. The number of halogens is 2. The van der Waals surface area contributed by atoms with Gasteiger partial charge < -0.3 is 15.4 Å². The fourth-order valence-electron chi connectivity index (χ4n) is 2.15. The molecule has 2 amide bonds. The molecule has 2 aromatic carbocycles. The first-order valence-corrected chi connectivity index (χ1v) is 7.74. The van der Waals surface area contributed by atoms with E-state index >= 15 is 0 Å². The molecule has 0 radical (unpaired) electrons. The Morgan fingerprint density at radius 3 is 2.30 bits per heavy atom. The number of hydrogen-bond acceptors (Lipinski definition) is 4. The molecule has 0 aliphatic rings. The van der Waals surface area contributed by atoms with Crippen molar-refractivity contribution >= 4 is 29.5 Å². The number of methoxy groups -OCH3 is 1. The highest BCUT2D eigenvalue weighted by molar-refractivity contribution is 6.03. The van der Waals surface area contributed by atoms with Gasteiger partial charge in [-0.1, -0.05) is 12.1 Å². The standard InChI is InChI=1S/C19H16F2N2O4/c1-22-18(25)12-6-3-11(4-7-12)5-8-17(24)23-16-9-13(19(26)27-2)14(20)10-15(16)21/h3-10H,1-2H3,(H,22,25)(H,23,24)/b8-5+. The number of esters is 1. The molecule has 140 valence electrons. The molecule has 0 saturated carbocycles. The number of carbonyl (C=O) groups is 3. The molecule has 0 aliphatic carbocycles. The van der Waals surface area contributed by atoms with Crippen LogP contribution in [0.1, 0.15) is 26.3 Å². The number of amides is 2. The summed E-state index contributed by atoms with van der Waals surface area (Å²) in [4.78, 5) is 34.9. The van der Waals surface area contributed by atoms with Crippen LogP contribution in [0, 0.1) is 11.6 Å². The highest BCUT2D eigenvalue weighted by Crippen LogP contribution is 2.20. The lowest BCUT2D eigenvalue weighted by molar-refractivity contribution is -0.111. The van der Waals surface area contributed by atoms with Crippen LogP contribution < -0.4 is 10.6 Å². The summed E-state index contributed by atoms with van der Waals surface area (Å²) in [6.07, 6.45) is 2.58. The van der Waals surface area contributed by atoms with Gasteiger partial charge in [0.25, 0.3) is 5.91 Å². The molecule has 27 heavy (non-hydrogen) atoms. The van der Waals surface area contributed by atoms with Crippen LogP contribution in [0.25, 0.3) is 6.08 Å². The molecule has 0 heterocycles. The number of carbonyl (C=O) groups excluding carboxylic acids is 3. The third kappa shape index (κ3) is 4.97. The second-order valence-electron chi connectivity index (χ2n) is 5.33. The summed E-state index contributed by atoms with van der Waals surface area (Å²) in [7, 11) is 2.57. The van der Waals surface area contributed by atoms with Crippen molar-refractivity contribution in [3.8, 4) is 0 Å². The molecule has 2 aromatic rings. The van der Waals surface area contributed by atoms with Gasteiger partial charge in [0.2, 0.25) is 5.91 Å². The van der Waals surface area contributed by atoms with E-state index in [1.807, 2.05) is 0 Å². The summed E-state index contributed by atoms with van der Waals surface area (Å²) in [5.74, 6) is -4.04. The third-order valence-corrected chi connectivity index (χ3v) is 3.55. The van der Waals surface area contributed by atoms with Crippen molar-refractivity contribution in [2.24, 2.45) is 0 Å². The Hall–Kier alpha value is -3.55. The van der Waals surface area contributed by atoms with Crippen molar-refractivity contribution in [2.75, 3.05) is 19.5 Å². The Bertz CT molecular complexity index is 909. The predicted molar refractivity (Wildman–Crippen MR) is 95.2 cm³/mol. The van der Waals surface area contributed by atoms with Crippen LogP contribution in [0.15, 0.2) is 42.5 Å². The van der Waals surface area contributed by atoms with E-state index in [0.717, 1.165) is 19.3 Å². The molecule has 0 atom stereocenters. The van der Waals surface area contributed by atoms with E-state index in [4.69, 9.17) is 0 Å². The summed E-state index contributed by atoms with van der Waals surface area (Å²) >= 11 is 0. The fraction of sp³-hybridized carbons (Fsp3) is 0.105. The Morgan fingerprint density at radius 2 is 1.70 bits per heavy atom. The Kier molecular flexibility index (Phi) is 6.37. The Labute approximate surface area is 153 Å². The van der Waals surface area contributed by atoms with Crippen molar-refractivity contribution in [2.45, 2.75) is 0 Å². The van der Waals surface area contributed by atoms with Gasteiger partial charge in [0.1, 0.15) is 11.6 Å². The zero-order valence-electron chi connectivity index (χ0n) is 14.5. The molecule has 8 heteroatoms. The monoisotopic (exact) mass is 374 g/mol. The van der Waals surface area contributed by atoms with Gasteiger partial charge in [-0.2, -0.15) is 0 Å². The van der Waals surface area contributed by atoms with E-state index in [0.29, 0.717) is 17.2 Å². The summed E-state index contributed by atoms with van der Waals surface area (Å²) in [5.41, 5.74) is 0.236. The van der Waals surface area contributed by atoms with E-state index in [2.05, 4.69) is 15.4 Å². The van der Waals surface area contributed by atoms with Crippen LogP contribution in [-0.2, 0) is 9.53 Å². The highest BCUT2D eigenvalue weighted by atomic mass is 19.1. The van der Waals surface area contributed by atoms with Gasteiger partial charge >= 0.3 is 5.97 Å². The van der Waals surface area contributed by atoms with Crippen LogP contribution in [0.3, 0.4) is 0 Å². The number of benzene rings is 2. The van der Waals surface area contributed by atoms with Crippen LogP contribution in [0.2, 0.25) is 0 Å². The smallest absolute Gasteiger partial charge is 0.340 e. The molecule has 0 spiro atoms. The van der Waals surface area contributed by atoms with Crippen molar-refractivity contribution in [3.63, 3.8) is 0 Å². The number of anilines is 1. The lowest BCUT2D eigenvalue weighted by atomic mass is 10.1. The first kappa shape index (κ1) is 19.8. The van der Waals surface area contributed by atoms with Gasteiger partial charge in [-0.3, -0.25) is 9.59 Å². The maximum absolute atomic E-state index is 13.8. The number of nitrogens with one attached hydrogen (secondary N) is 2. The first-order chi connectivity index (χ1) is 12.8. The molecule has 0 saturated heterocycles. The van der Waals surface area contributed by atoms with Crippen LogP contribution in [0.4, 0.5) is 14.5 Å². The van der Waals surface area contributed by atoms with E-state index in [-0.39, 0.29) is 11.6 Å². The topological polar surface area (TPSA) is 84.5 Å². The second-order valence-corrected chi connectivity index (χ2v) is 5.33. The van der Waals surface area contributed by atoms with Crippen molar-refractivity contribution in [1.82, 2.24) is 5.32 Å². The lowest BCUT2D eigenvalue weighted by Gasteiger charge is -2.07. The van der Waals surface area contributed by atoms with E-state index in [9.17, 15) is 23.2 Å². The Morgan fingerprint density at radius 1 is 1.04 bits per heavy atom. The minimum absolute atomic E-state index is 0.239. The summed E-state index contributed by atoms with van der Waals surface area (Å²) in [5, 5.41) is 4.71. The average Bonchev–Trinajstić information content (AvgIpc) is 2.67.